The summed E-state index contributed by atoms with van der Waals surface area (Å²) >= 11 is 1.58. The minimum Gasteiger partial charge on any atom is -0.392 e. The number of piperazine rings is 1. The molecule has 1 aromatic carbocycles. The quantitative estimate of drug-likeness (QED) is 0.0746. The van der Waals surface area contributed by atoms with Gasteiger partial charge in [0, 0.05) is 71.0 Å². The summed E-state index contributed by atoms with van der Waals surface area (Å²) in [5, 5.41) is 30.3. The number of hydrogen-bond donors (Lipinski definition) is 7. The standard InChI is InChI=1S/C46H64N12O7S/c1-27-32(35(60)21-33(27)58-25-50-38-41(58)53-45(47)54-43(38)64)23-48-36(61)8-6-14-55-16-18-56(19-17-55)15-7-9-37(62)52-40(46(3,4)5)44(65)57-24-31(59)20-34(57)42(63)49-22-29-10-12-30(13-11-29)39-28(2)51-26-66-39/h10-13,25-26,31-35,40,59-60H,1,6-9,14-24H2,2-5H3,(H,48,61)(H,49,63)(H,52,62)(H3,47,53,54,64)/t31-,32+,33+,34+,35?,40-/m1/s1. The molecule has 6 atom stereocenters. The summed E-state index contributed by atoms with van der Waals surface area (Å²) in [4.78, 5) is 88.2. The summed E-state index contributed by atoms with van der Waals surface area (Å²) in [5.41, 5.74) is 10.6. The van der Waals surface area contributed by atoms with Crippen LogP contribution in [0.1, 0.15) is 76.6 Å². The van der Waals surface area contributed by atoms with Gasteiger partial charge < -0.3 is 51.2 Å². The van der Waals surface area contributed by atoms with Crippen molar-refractivity contribution in [3.63, 3.8) is 0 Å². The number of aromatic amines is 1. The Labute approximate surface area is 388 Å². The zero-order chi connectivity index (χ0) is 47.3. The number of anilines is 1. The van der Waals surface area contributed by atoms with Crippen LogP contribution in [0.25, 0.3) is 21.6 Å². The van der Waals surface area contributed by atoms with E-state index in [0.717, 1.165) is 66.5 Å². The number of rotatable bonds is 17. The number of thiazole rings is 1. The summed E-state index contributed by atoms with van der Waals surface area (Å²) in [6.45, 7) is 17.2. The third-order valence-corrected chi connectivity index (χ3v) is 14.0. The molecule has 8 N–H and O–H groups in total. The predicted octanol–water partition coefficient (Wildman–Crippen LogP) is 1.72. The number of benzene rings is 1. The zero-order valence-electron chi connectivity index (χ0n) is 38.3. The number of H-pyrrole nitrogens is 1. The van der Waals surface area contributed by atoms with Crippen LogP contribution in [0.3, 0.4) is 0 Å². The van der Waals surface area contributed by atoms with E-state index >= 15 is 0 Å². The maximum Gasteiger partial charge on any atom is 0.280 e. The average Bonchev–Trinajstić information content (AvgIpc) is 4.06. The number of carbonyl (C=O) groups excluding carboxylic acids is 4. The van der Waals surface area contributed by atoms with Gasteiger partial charge in [0.15, 0.2) is 11.2 Å². The van der Waals surface area contributed by atoms with E-state index in [1.807, 2.05) is 57.5 Å². The van der Waals surface area contributed by atoms with E-state index < -0.39 is 35.3 Å². The topological polar surface area (TPSA) is 257 Å². The monoisotopic (exact) mass is 928 g/mol. The van der Waals surface area contributed by atoms with Crippen LogP contribution in [0, 0.1) is 18.3 Å². The summed E-state index contributed by atoms with van der Waals surface area (Å²) in [7, 11) is 0. The Morgan fingerprint density at radius 1 is 0.970 bits per heavy atom. The molecule has 3 fully saturated rings. The molecule has 2 aliphatic heterocycles. The van der Waals surface area contributed by atoms with Crippen molar-refractivity contribution in [2.45, 2.75) is 103 Å². The molecule has 1 unspecified atom stereocenters. The number of fused-ring (bicyclic) bond motifs is 1. The molecule has 1 aliphatic carbocycles. The molecular weight excluding hydrogens is 865 g/mol. The largest absolute Gasteiger partial charge is 0.392 e. The van der Waals surface area contributed by atoms with Crippen molar-refractivity contribution in [1.29, 1.82) is 0 Å². The van der Waals surface area contributed by atoms with Crippen LogP contribution in [0.15, 0.2) is 53.0 Å². The lowest BCUT2D eigenvalue weighted by atomic mass is 9.85. The number of nitrogen functional groups attached to an aromatic ring is 1. The number of hydrogen-bond acceptors (Lipinski definition) is 14. The fraction of sp³-hybridized carbons (Fsp3) is 0.565. The number of aliphatic hydroxyl groups is 2. The van der Waals surface area contributed by atoms with E-state index in [0.29, 0.717) is 31.3 Å². The second-order valence-corrected chi connectivity index (χ2v) is 19.8. The number of aryl methyl sites for hydroxylation is 1. The number of nitrogens with zero attached hydrogens (tertiary/aromatic N) is 7. The summed E-state index contributed by atoms with van der Waals surface area (Å²) in [6, 6.07) is 5.81. The average molecular weight is 929 g/mol. The van der Waals surface area contributed by atoms with Crippen molar-refractivity contribution >= 4 is 52.1 Å². The lowest BCUT2D eigenvalue weighted by molar-refractivity contribution is -0.144. The summed E-state index contributed by atoms with van der Waals surface area (Å²) < 4.78 is 1.70. The minimum absolute atomic E-state index is 0.0115. The highest BCUT2D eigenvalue weighted by molar-refractivity contribution is 7.13. The third-order valence-electron chi connectivity index (χ3n) is 13.1. The van der Waals surface area contributed by atoms with E-state index in [9.17, 15) is 34.2 Å². The van der Waals surface area contributed by atoms with E-state index in [2.05, 4.69) is 52.3 Å². The van der Waals surface area contributed by atoms with Crippen molar-refractivity contribution < 1.29 is 29.4 Å². The van der Waals surface area contributed by atoms with Crippen molar-refractivity contribution in [1.82, 2.24) is 55.2 Å². The van der Waals surface area contributed by atoms with Crippen LogP contribution >= 0.6 is 11.3 Å². The Bertz CT molecular complexity index is 2440. The van der Waals surface area contributed by atoms with Gasteiger partial charge in [0.05, 0.1) is 40.7 Å². The van der Waals surface area contributed by atoms with Gasteiger partial charge in [0.1, 0.15) is 12.1 Å². The highest BCUT2D eigenvalue weighted by Crippen LogP contribution is 2.40. The van der Waals surface area contributed by atoms with Gasteiger partial charge in [-0.15, -0.1) is 11.3 Å². The van der Waals surface area contributed by atoms with Gasteiger partial charge >= 0.3 is 0 Å². The van der Waals surface area contributed by atoms with Crippen molar-refractivity contribution in [3.8, 4) is 10.4 Å². The van der Waals surface area contributed by atoms with Gasteiger partial charge in [-0.2, -0.15) is 4.98 Å². The summed E-state index contributed by atoms with van der Waals surface area (Å²) in [6.07, 6.45) is 2.26. The number of likely N-dealkylation sites (tertiary alicyclic amines) is 1. The molecule has 0 radical (unpaired) electrons. The Kier molecular flexibility index (Phi) is 15.4. The van der Waals surface area contributed by atoms with E-state index in [1.54, 1.807) is 15.9 Å². The molecule has 5 heterocycles. The Morgan fingerprint density at radius 3 is 2.27 bits per heavy atom. The second kappa shape index (κ2) is 21.0. The Hall–Kier alpha value is -5.54. The second-order valence-electron chi connectivity index (χ2n) is 18.9. The number of nitrogens with one attached hydrogen (secondary N) is 4. The van der Waals surface area contributed by atoms with Crippen LogP contribution in [0.5, 0.6) is 0 Å². The highest BCUT2D eigenvalue weighted by atomic mass is 32.1. The Balaban J connectivity index is 0.788. The fourth-order valence-electron chi connectivity index (χ4n) is 9.26. The smallest absolute Gasteiger partial charge is 0.280 e. The molecule has 356 valence electrons. The van der Waals surface area contributed by atoms with Gasteiger partial charge in [0.25, 0.3) is 5.56 Å². The zero-order valence-corrected chi connectivity index (χ0v) is 39.1. The molecule has 66 heavy (non-hydrogen) atoms. The molecule has 3 aromatic heterocycles. The van der Waals surface area contributed by atoms with Crippen LogP contribution in [0.2, 0.25) is 0 Å². The lowest BCUT2D eigenvalue weighted by Crippen LogP contribution is -2.57. The van der Waals surface area contributed by atoms with E-state index in [-0.39, 0.29) is 79.5 Å². The molecule has 0 bridgehead atoms. The molecule has 20 heteroatoms. The molecular formula is C46H64N12O7S. The molecule has 1 saturated carbocycles. The number of aromatic nitrogens is 5. The first kappa shape index (κ1) is 48.4. The van der Waals surface area contributed by atoms with Gasteiger partial charge in [-0.25, -0.2) is 9.97 Å². The number of amides is 4. The van der Waals surface area contributed by atoms with Gasteiger partial charge in [-0.05, 0) is 61.4 Å². The van der Waals surface area contributed by atoms with E-state index in [4.69, 9.17) is 5.73 Å². The van der Waals surface area contributed by atoms with Gasteiger partial charge in [0.2, 0.25) is 29.6 Å². The van der Waals surface area contributed by atoms with E-state index in [1.165, 1.54) is 11.2 Å². The molecule has 0 spiro atoms. The normalized spacial score (nSPS) is 22.2. The van der Waals surface area contributed by atoms with Crippen LogP contribution < -0.4 is 27.2 Å². The molecule has 2 saturated heterocycles. The van der Waals surface area contributed by atoms with Gasteiger partial charge in [-0.1, -0.05) is 51.6 Å². The molecule has 7 rings (SSSR count). The maximum atomic E-state index is 14.1. The van der Waals surface area contributed by atoms with Gasteiger partial charge in [-0.3, -0.25) is 29.0 Å². The van der Waals surface area contributed by atoms with Crippen molar-refractivity contribution in [2.75, 3.05) is 58.1 Å². The lowest BCUT2D eigenvalue weighted by Gasteiger charge is -2.36. The molecule has 3 aliphatic rings. The minimum atomic E-state index is -0.887. The summed E-state index contributed by atoms with van der Waals surface area (Å²) in [5.74, 6) is -1.46. The SMILES string of the molecule is C=C1[C@H](CNC(=O)CCCN2CCN(CCCC(=O)N[C@H](C(=O)N3C[C@H](O)C[C@H]3C(=O)NCc3ccc(-c4scnc4C)cc3)C(C)(C)C)CC2)C(O)C[C@@H]1n1cnc2c(=O)[nH]c(N)nc21. The highest BCUT2D eigenvalue weighted by Gasteiger charge is 2.44. The van der Waals surface area contributed by atoms with Crippen molar-refractivity contribution in [3.05, 3.63) is 69.9 Å². The third kappa shape index (κ3) is 11.5. The number of aliphatic hydroxyl groups excluding tert-OH is 2. The first-order valence-corrected chi connectivity index (χ1v) is 23.7. The van der Waals surface area contributed by atoms with Crippen LogP contribution in [-0.2, 0) is 25.7 Å². The van der Waals surface area contributed by atoms with Crippen molar-refractivity contribution in [2.24, 2.45) is 11.3 Å². The predicted molar refractivity (Wildman–Crippen MR) is 251 cm³/mol. The Morgan fingerprint density at radius 2 is 1.64 bits per heavy atom. The number of nitrogens with two attached hydrogens (primary N) is 1. The molecule has 4 amide bonds. The van der Waals surface area contributed by atoms with Crippen LogP contribution in [-0.4, -0.2) is 150 Å². The molecule has 19 nitrogen and oxygen atoms in total. The fourth-order valence-corrected chi connectivity index (χ4v) is 10.1. The number of carbonyl (C=O) groups is 4. The first-order chi connectivity index (χ1) is 31.5. The number of imidazole rings is 1. The first-order valence-electron chi connectivity index (χ1n) is 22.8. The number of β-amino-alcohol motifs (C(OH)–C–C–N with tert-alkyl or cyclic N) is 1. The van der Waals surface area contributed by atoms with Crippen LogP contribution in [0.4, 0.5) is 5.95 Å². The maximum absolute atomic E-state index is 14.1. The molecule has 4 aromatic rings.